The molecule has 0 radical (unpaired) electrons. The molecule has 1 saturated heterocycles. The fourth-order valence-electron chi connectivity index (χ4n) is 2.89. The number of primary sulfonamides is 1. The van der Waals surface area contributed by atoms with Crippen molar-refractivity contribution < 1.29 is 22.4 Å². The lowest BCUT2D eigenvalue weighted by Gasteiger charge is -2.15. The van der Waals surface area contributed by atoms with Crippen molar-refractivity contribution in [2.45, 2.75) is 23.8 Å². The van der Waals surface area contributed by atoms with Gasteiger partial charge >= 0.3 is 0 Å². The molecule has 3 N–H and O–H groups in total. The summed E-state index contributed by atoms with van der Waals surface area (Å²) in [6, 6.07) is 10.7. The first kappa shape index (κ1) is 19.2. The molecule has 27 heavy (non-hydrogen) atoms. The largest absolute Gasteiger partial charge is 0.305 e. The molecule has 1 fully saturated rings. The van der Waals surface area contributed by atoms with Crippen LogP contribution in [-0.2, 0) is 26.0 Å². The number of rotatable bonds is 6. The molecule has 7 nitrogen and oxygen atoms in total. The van der Waals surface area contributed by atoms with E-state index < -0.39 is 21.9 Å². The number of nitrogens with zero attached hydrogens (tertiary/aromatic N) is 1. The number of carbonyl (C=O) groups excluding carboxylic acids is 2. The van der Waals surface area contributed by atoms with E-state index in [1.165, 1.54) is 36.4 Å². The first-order valence-corrected chi connectivity index (χ1v) is 9.78. The summed E-state index contributed by atoms with van der Waals surface area (Å²) in [6.45, 7) is 0.426. The van der Waals surface area contributed by atoms with Crippen LogP contribution in [0.3, 0.4) is 0 Å². The molecule has 0 bridgehead atoms. The van der Waals surface area contributed by atoms with Crippen molar-refractivity contribution in [2.75, 3.05) is 11.4 Å². The van der Waals surface area contributed by atoms with E-state index in [4.69, 9.17) is 5.14 Å². The molecule has 142 valence electrons. The number of nitrogens with two attached hydrogens (primary N) is 1. The fraction of sp³-hybridized carbons (Fsp3) is 0.222. The first-order valence-electron chi connectivity index (χ1n) is 8.23. The summed E-state index contributed by atoms with van der Waals surface area (Å²) in [6.07, 6.45) is 0.569. The van der Waals surface area contributed by atoms with Crippen molar-refractivity contribution >= 4 is 27.5 Å². The first-order chi connectivity index (χ1) is 12.8. The smallest absolute Gasteiger partial charge is 0.251 e. The van der Waals surface area contributed by atoms with Gasteiger partial charge in [-0.3, -0.25) is 9.59 Å². The second-order valence-electron chi connectivity index (χ2n) is 6.19. The number of imide groups is 1. The van der Waals surface area contributed by atoms with Crippen molar-refractivity contribution in [1.29, 1.82) is 0 Å². The van der Waals surface area contributed by atoms with E-state index in [1.54, 1.807) is 12.1 Å². The number of anilines is 1. The molecule has 0 aliphatic carbocycles. The average molecular weight is 391 g/mol. The SMILES string of the molecule is NS(=O)(=O)c1ccc(CCN[C@@H]2CC(=O)N(c3ccc(F)cc3)C2=O)cc1. The maximum Gasteiger partial charge on any atom is 0.251 e. The molecular weight excluding hydrogens is 373 g/mol. The predicted molar refractivity (Wildman–Crippen MR) is 96.8 cm³/mol. The van der Waals surface area contributed by atoms with Crippen LogP contribution in [0.2, 0.25) is 0 Å². The minimum atomic E-state index is -3.73. The van der Waals surface area contributed by atoms with Gasteiger partial charge in [0.1, 0.15) is 5.82 Å². The fourth-order valence-corrected chi connectivity index (χ4v) is 3.40. The lowest BCUT2D eigenvalue weighted by atomic mass is 10.1. The second-order valence-corrected chi connectivity index (χ2v) is 7.76. The Morgan fingerprint density at radius 2 is 1.70 bits per heavy atom. The highest BCUT2D eigenvalue weighted by molar-refractivity contribution is 7.89. The van der Waals surface area contributed by atoms with Gasteiger partial charge in [-0.05, 0) is 54.9 Å². The van der Waals surface area contributed by atoms with E-state index in [0.717, 1.165) is 10.5 Å². The number of benzene rings is 2. The number of hydrogen-bond acceptors (Lipinski definition) is 5. The molecule has 9 heteroatoms. The normalized spacial score (nSPS) is 17.6. The van der Waals surface area contributed by atoms with Crippen LogP contribution in [0.25, 0.3) is 0 Å². The summed E-state index contributed by atoms with van der Waals surface area (Å²) in [4.78, 5) is 25.7. The van der Waals surface area contributed by atoms with E-state index in [2.05, 4.69) is 5.32 Å². The summed E-state index contributed by atoms with van der Waals surface area (Å²) >= 11 is 0. The van der Waals surface area contributed by atoms with Gasteiger partial charge in [0.05, 0.1) is 23.0 Å². The van der Waals surface area contributed by atoms with E-state index >= 15 is 0 Å². The Morgan fingerprint density at radius 1 is 1.07 bits per heavy atom. The third kappa shape index (κ3) is 4.38. The summed E-state index contributed by atoms with van der Waals surface area (Å²) < 4.78 is 35.5. The highest BCUT2D eigenvalue weighted by Crippen LogP contribution is 2.23. The number of hydrogen-bond donors (Lipinski definition) is 2. The third-order valence-corrected chi connectivity index (χ3v) is 5.22. The average Bonchev–Trinajstić information content (AvgIpc) is 2.89. The van der Waals surface area contributed by atoms with E-state index in [1.807, 2.05) is 0 Å². The molecule has 1 aliphatic heterocycles. The van der Waals surface area contributed by atoms with Crippen LogP contribution in [0.15, 0.2) is 53.4 Å². The van der Waals surface area contributed by atoms with Crippen LogP contribution < -0.4 is 15.4 Å². The molecule has 2 aromatic rings. The quantitative estimate of drug-likeness (QED) is 0.712. The Bertz CT molecular complexity index is 959. The molecule has 0 spiro atoms. The van der Waals surface area contributed by atoms with Crippen LogP contribution >= 0.6 is 0 Å². The van der Waals surface area contributed by atoms with Crippen molar-refractivity contribution in [3.05, 3.63) is 59.9 Å². The predicted octanol–water partition coefficient (Wildman–Crippen LogP) is 0.937. The molecule has 2 amide bonds. The van der Waals surface area contributed by atoms with Crippen LogP contribution in [-0.4, -0.2) is 32.8 Å². The number of nitrogens with one attached hydrogen (secondary N) is 1. The van der Waals surface area contributed by atoms with Gasteiger partial charge in [0.2, 0.25) is 15.9 Å². The van der Waals surface area contributed by atoms with Crippen molar-refractivity contribution in [3.63, 3.8) is 0 Å². The molecular formula is C18H18FN3O4S. The topological polar surface area (TPSA) is 110 Å². The van der Waals surface area contributed by atoms with Crippen LogP contribution in [0.4, 0.5) is 10.1 Å². The zero-order valence-corrected chi connectivity index (χ0v) is 15.1. The zero-order chi connectivity index (χ0) is 19.6. The van der Waals surface area contributed by atoms with Crippen molar-refractivity contribution in [2.24, 2.45) is 5.14 Å². The van der Waals surface area contributed by atoms with Gasteiger partial charge in [0.25, 0.3) is 5.91 Å². The standard InChI is InChI=1S/C18H18FN3O4S/c19-13-3-5-14(6-4-13)22-17(23)11-16(18(22)24)21-10-9-12-1-7-15(8-2-12)27(20,25)26/h1-8,16,21H,9-11H2,(H2,20,25,26)/t16-/m1/s1. The Balaban J connectivity index is 1.58. The van der Waals surface area contributed by atoms with E-state index in [0.29, 0.717) is 18.7 Å². The lowest BCUT2D eigenvalue weighted by molar-refractivity contribution is -0.121. The number of halogens is 1. The maximum atomic E-state index is 13.0. The molecule has 2 aromatic carbocycles. The molecule has 1 aliphatic rings. The van der Waals surface area contributed by atoms with Gasteiger partial charge < -0.3 is 5.32 Å². The minimum absolute atomic E-state index is 0.0283. The second kappa shape index (κ2) is 7.55. The molecule has 0 aromatic heterocycles. The van der Waals surface area contributed by atoms with Gasteiger partial charge in [-0.1, -0.05) is 12.1 Å². The van der Waals surface area contributed by atoms with Crippen LogP contribution in [0.1, 0.15) is 12.0 Å². The highest BCUT2D eigenvalue weighted by Gasteiger charge is 2.39. The van der Waals surface area contributed by atoms with Gasteiger partial charge in [0, 0.05) is 0 Å². The molecule has 0 unspecified atom stereocenters. The molecule has 1 heterocycles. The van der Waals surface area contributed by atoms with Crippen molar-refractivity contribution in [3.8, 4) is 0 Å². The minimum Gasteiger partial charge on any atom is -0.305 e. The summed E-state index contributed by atoms with van der Waals surface area (Å²) in [5, 5.41) is 8.09. The van der Waals surface area contributed by atoms with Gasteiger partial charge in [0.15, 0.2) is 0 Å². The molecule has 0 saturated carbocycles. The third-order valence-electron chi connectivity index (χ3n) is 4.29. The van der Waals surface area contributed by atoms with E-state index in [-0.39, 0.29) is 23.1 Å². The Hall–Kier alpha value is -2.62. The van der Waals surface area contributed by atoms with Crippen LogP contribution in [0.5, 0.6) is 0 Å². The Labute approximate surface area is 156 Å². The summed E-state index contributed by atoms with van der Waals surface area (Å²) in [5.41, 5.74) is 1.20. The van der Waals surface area contributed by atoms with E-state index in [9.17, 15) is 22.4 Å². The Morgan fingerprint density at radius 3 is 2.30 bits per heavy atom. The zero-order valence-electron chi connectivity index (χ0n) is 14.3. The number of amides is 2. The number of sulfonamides is 1. The number of carbonyl (C=O) groups is 2. The molecule has 1 atom stereocenters. The van der Waals surface area contributed by atoms with Crippen molar-refractivity contribution in [1.82, 2.24) is 5.32 Å². The lowest BCUT2D eigenvalue weighted by Crippen LogP contribution is -2.39. The van der Waals surface area contributed by atoms with Crippen LogP contribution in [0, 0.1) is 5.82 Å². The monoisotopic (exact) mass is 391 g/mol. The summed E-state index contributed by atoms with van der Waals surface area (Å²) in [5.74, 6) is -1.17. The van der Waals surface area contributed by atoms with Gasteiger partial charge in [-0.15, -0.1) is 0 Å². The van der Waals surface area contributed by atoms with Gasteiger partial charge in [-0.2, -0.15) is 0 Å². The molecule has 3 rings (SSSR count). The summed E-state index contributed by atoms with van der Waals surface area (Å²) in [7, 11) is -3.73. The Kier molecular flexibility index (Phi) is 5.36. The maximum absolute atomic E-state index is 13.0. The van der Waals surface area contributed by atoms with Gasteiger partial charge in [-0.25, -0.2) is 22.8 Å². The highest BCUT2D eigenvalue weighted by atomic mass is 32.2.